The van der Waals surface area contributed by atoms with Gasteiger partial charge in [0.1, 0.15) is 11.5 Å². The van der Waals surface area contributed by atoms with Gasteiger partial charge in [-0.15, -0.1) is 11.3 Å². The van der Waals surface area contributed by atoms with E-state index in [9.17, 15) is 0 Å². The first-order valence-electron chi connectivity index (χ1n) is 24.7. The van der Waals surface area contributed by atoms with Crippen LogP contribution < -0.4 is 9.64 Å². The van der Waals surface area contributed by atoms with Gasteiger partial charge in [-0.3, -0.25) is 0 Å². The highest BCUT2D eigenvalue weighted by Gasteiger charge is 2.52. The van der Waals surface area contributed by atoms with E-state index in [1.54, 1.807) is 0 Å². The van der Waals surface area contributed by atoms with Crippen LogP contribution in [0.25, 0.3) is 53.6 Å². The van der Waals surface area contributed by atoms with E-state index in [0.29, 0.717) is 0 Å². The van der Waals surface area contributed by atoms with Gasteiger partial charge in [0.15, 0.2) is 0 Å². The van der Waals surface area contributed by atoms with Crippen LogP contribution in [0.4, 0.5) is 17.1 Å². The number of hydrogen-bond donors (Lipinski definition) is 0. The summed E-state index contributed by atoms with van der Waals surface area (Å²) in [5, 5.41) is 2.63. The van der Waals surface area contributed by atoms with Crippen molar-refractivity contribution in [1.29, 1.82) is 0 Å². The minimum absolute atomic E-state index is 0.454. The Morgan fingerprint density at radius 3 is 1.38 bits per heavy atom. The summed E-state index contributed by atoms with van der Waals surface area (Å²) >= 11 is 3.75. The van der Waals surface area contributed by atoms with E-state index >= 15 is 0 Å². The fraction of sp³-hybridized carbons (Fsp3) is 0.0294. The number of nitrogens with zero attached hydrogens (tertiary/aromatic N) is 1. The van der Waals surface area contributed by atoms with E-state index in [0.717, 1.165) is 28.6 Å². The number of thiophene rings is 1. The largest absolute Gasteiger partial charge is 0.457 e. The van der Waals surface area contributed by atoms with E-state index < -0.39 is 10.8 Å². The van der Waals surface area contributed by atoms with Gasteiger partial charge in [0, 0.05) is 58.2 Å². The topological polar surface area (TPSA) is 12.5 Å². The second-order valence-corrected chi connectivity index (χ2v) is 21.6. The molecule has 0 radical (unpaired) electrons. The molecular formula is C68H41NOS2. The molecule has 3 heterocycles. The van der Waals surface area contributed by atoms with Gasteiger partial charge in [-0.1, -0.05) is 188 Å². The van der Waals surface area contributed by atoms with Crippen LogP contribution in [-0.4, -0.2) is 0 Å². The van der Waals surface area contributed by atoms with Crippen molar-refractivity contribution in [2.45, 2.75) is 20.6 Å². The summed E-state index contributed by atoms with van der Waals surface area (Å²) in [5.74, 6) is 1.79. The van der Waals surface area contributed by atoms with Crippen molar-refractivity contribution < 1.29 is 4.74 Å². The Hall–Kier alpha value is -8.41. The molecule has 12 aromatic rings. The van der Waals surface area contributed by atoms with Crippen molar-refractivity contribution in [2.75, 3.05) is 4.90 Å². The molecule has 11 aromatic carbocycles. The summed E-state index contributed by atoms with van der Waals surface area (Å²) in [6, 6.07) is 92.8. The van der Waals surface area contributed by atoms with Gasteiger partial charge >= 0.3 is 0 Å². The van der Waals surface area contributed by atoms with Crippen molar-refractivity contribution in [3.63, 3.8) is 0 Å². The molecule has 336 valence electrons. The van der Waals surface area contributed by atoms with Crippen molar-refractivity contribution in [1.82, 2.24) is 0 Å². The zero-order valence-corrected chi connectivity index (χ0v) is 40.5. The van der Waals surface area contributed by atoms with Gasteiger partial charge in [-0.2, -0.15) is 0 Å². The van der Waals surface area contributed by atoms with Crippen molar-refractivity contribution >= 4 is 60.3 Å². The lowest BCUT2D eigenvalue weighted by atomic mass is 9.66. The standard InChI is InChI=1S/C68H41NOS2/c1-4-20-52-47(16-1)50-40-44(36-38-54(50)67(52)56-22-6-10-26-60(56)70-61-27-11-7-23-57(61)67)69(43-34-32-42(33-35-43)46-19-15-31-65-66(46)49-18-3-12-28-62(49)71-65)45-37-39-55-51(41-45)48-17-2-5-21-53(48)68(55)58-24-8-13-29-63(58)72-64-30-14-9-25-59(64)68/h1-41H. The molecule has 0 atom stereocenters. The minimum Gasteiger partial charge on any atom is -0.457 e. The van der Waals surface area contributed by atoms with E-state index in [1.807, 2.05) is 23.1 Å². The number of para-hydroxylation sites is 2. The molecule has 2 nitrogen and oxygen atoms in total. The van der Waals surface area contributed by atoms with E-state index in [2.05, 4.69) is 254 Å². The maximum Gasteiger partial charge on any atom is 0.132 e. The predicted molar refractivity (Wildman–Crippen MR) is 298 cm³/mol. The second kappa shape index (κ2) is 15.1. The summed E-state index contributed by atoms with van der Waals surface area (Å²) in [6.07, 6.45) is 0. The average molecular weight is 952 g/mol. The Balaban J connectivity index is 0.928. The molecular weight excluding hydrogens is 911 g/mol. The maximum absolute atomic E-state index is 6.69. The molecule has 0 bridgehead atoms. The Kier molecular flexibility index (Phi) is 8.43. The number of rotatable bonds is 4. The molecule has 1 aromatic heterocycles. The molecule has 0 N–H and O–H groups in total. The monoisotopic (exact) mass is 951 g/mol. The first-order valence-corrected chi connectivity index (χ1v) is 26.4. The van der Waals surface area contributed by atoms with E-state index in [1.165, 1.54) is 108 Å². The fourth-order valence-electron chi connectivity index (χ4n) is 13.2. The summed E-state index contributed by atoms with van der Waals surface area (Å²) in [5.41, 5.74) is 20.0. The lowest BCUT2D eigenvalue weighted by molar-refractivity contribution is 0.436. The van der Waals surface area contributed by atoms with Crippen LogP contribution in [0.15, 0.2) is 259 Å². The fourth-order valence-corrected chi connectivity index (χ4v) is 15.5. The molecule has 0 fully saturated rings. The molecule has 2 aliphatic carbocycles. The third-order valence-electron chi connectivity index (χ3n) is 16.0. The molecule has 0 saturated carbocycles. The average Bonchev–Trinajstić information content (AvgIpc) is 4.07. The van der Waals surface area contributed by atoms with Gasteiger partial charge in [-0.25, -0.2) is 0 Å². The third kappa shape index (κ3) is 5.30. The lowest BCUT2D eigenvalue weighted by Gasteiger charge is -2.39. The Morgan fingerprint density at radius 1 is 0.319 bits per heavy atom. The number of hydrogen-bond acceptors (Lipinski definition) is 4. The Labute approximate surface area is 426 Å². The quantitative estimate of drug-likeness (QED) is 0.174. The highest BCUT2D eigenvalue weighted by Crippen LogP contribution is 2.65. The number of anilines is 3. The second-order valence-electron chi connectivity index (χ2n) is 19.4. The number of ether oxygens (including phenoxy) is 1. The van der Waals surface area contributed by atoms with Gasteiger partial charge in [0.25, 0.3) is 0 Å². The summed E-state index contributed by atoms with van der Waals surface area (Å²) in [6.45, 7) is 0. The van der Waals surface area contributed by atoms with E-state index in [4.69, 9.17) is 4.74 Å². The molecule has 72 heavy (non-hydrogen) atoms. The van der Waals surface area contributed by atoms with Gasteiger partial charge in [0.2, 0.25) is 0 Å². The Bertz CT molecular complexity index is 3970. The smallest absolute Gasteiger partial charge is 0.132 e. The van der Waals surface area contributed by atoms with Crippen molar-refractivity contribution in [3.8, 4) is 44.9 Å². The summed E-state index contributed by atoms with van der Waals surface area (Å²) in [4.78, 5) is 5.10. The lowest BCUT2D eigenvalue weighted by Crippen LogP contribution is -2.32. The molecule has 4 aliphatic rings. The van der Waals surface area contributed by atoms with Gasteiger partial charge in [-0.05, 0) is 140 Å². The molecule has 2 spiro atoms. The van der Waals surface area contributed by atoms with Crippen LogP contribution in [0, 0.1) is 0 Å². The molecule has 2 aliphatic heterocycles. The van der Waals surface area contributed by atoms with Crippen molar-refractivity contribution in [2.24, 2.45) is 0 Å². The first kappa shape index (κ1) is 40.3. The minimum atomic E-state index is -0.550. The maximum atomic E-state index is 6.69. The number of benzene rings is 11. The van der Waals surface area contributed by atoms with Gasteiger partial charge in [0.05, 0.1) is 10.8 Å². The van der Waals surface area contributed by atoms with Crippen LogP contribution >= 0.6 is 23.1 Å². The zero-order valence-electron chi connectivity index (χ0n) is 38.8. The van der Waals surface area contributed by atoms with Crippen LogP contribution in [0.5, 0.6) is 11.5 Å². The highest BCUT2D eigenvalue weighted by molar-refractivity contribution is 7.99. The third-order valence-corrected chi connectivity index (χ3v) is 18.3. The van der Waals surface area contributed by atoms with Crippen LogP contribution in [0.1, 0.15) is 44.5 Å². The normalized spacial score (nSPS) is 14.4. The van der Waals surface area contributed by atoms with Gasteiger partial charge < -0.3 is 9.64 Å². The summed E-state index contributed by atoms with van der Waals surface area (Å²) in [7, 11) is 0. The van der Waals surface area contributed by atoms with Crippen LogP contribution in [-0.2, 0) is 10.8 Å². The molecule has 0 saturated heterocycles. The molecule has 16 rings (SSSR count). The van der Waals surface area contributed by atoms with Crippen LogP contribution in [0.3, 0.4) is 0 Å². The zero-order chi connectivity index (χ0) is 47.1. The van der Waals surface area contributed by atoms with Crippen molar-refractivity contribution in [3.05, 3.63) is 293 Å². The SMILES string of the molecule is c1ccc2c(c1)Oc1ccccc1C21c2ccccc2-c2cc(N(c3ccc(-c4cccc5sc6ccccc6c45)cc3)c3ccc4c(c3)-c3ccccc3C43c4ccccc4Sc4ccccc43)ccc21. The molecule has 4 heteroatoms. The van der Waals surface area contributed by atoms with Crippen LogP contribution in [0.2, 0.25) is 0 Å². The summed E-state index contributed by atoms with van der Waals surface area (Å²) < 4.78 is 9.31. The number of fused-ring (bicyclic) bond motifs is 21. The predicted octanol–water partition coefficient (Wildman–Crippen LogP) is 18.5. The van der Waals surface area contributed by atoms with E-state index in [-0.39, 0.29) is 0 Å². The first-order chi connectivity index (χ1) is 35.7. The Morgan fingerprint density at radius 2 is 0.764 bits per heavy atom. The molecule has 0 amide bonds. The molecule has 0 unspecified atom stereocenters. The highest BCUT2D eigenvalue weighted by atomic mass is 32.2.